The van der Waals surface area contributed by atoms with Crippen molar-refractivity contribution >= 4 is 0 Å². The van der Waals surface area contributed by atoms with Gasteiger partial charge in [-0.3, -0.25) is 0 Å². The van der Waals surface area contributed by atoms with E-state index in [1.807, 2.05) is 0 Å². The van der Waals surface area contributed by atoms with E-state index in [-0.39, 0.29) is 0 Å². The van der Waals surface area contributed by atoms with Gasteiger partial charge in [-0.25, -0.2) is 0 Å². The molecule has 0 bridgehead atoms. The number of benzene rings is 1. The van der Waals surface area contributed by atoms with Crippen LogP contribution in [0, 0.1) is 5.92 Å². The molecule has 0 atom stereocenters. The summed E-state index contributed by atoms with van der Waals surface area (Å²) < 4.78 is 0. The van der Waals surface area contributed by atoms with E-state index < -0.39 is 0 Å². The van der Waals surface area contributed by atoms with Crippen LogP contribution in [0.1, 0.15) is 38.2 Å². The van der Waals surface area contributed by atoms with Gasteiger partial charge in [-0.05, 0) is 30.2 Å². The van der Waals surface area contributed by atoms with E-state index in [1.165, 1.54) is 24.1 Å². The van der Waals surface area contributed by atoms with E-state index in [4.69, 9.17) is 0 Å². The van der Waals surface area contributed by atoms with Gasteiger partial charge in [-0.15, -0.1) is 0 Å². The number of rotatable bonds is 3. The third-order valence-corrected chi connectivity index (χ3v) is 3.84. The molecule has 1 aliphatic heterocycles. The molecule has 2 rings (SSSR count). The average Bonchev–Trinajstić information content (AvgIpc) is 2.39. The van der Waals surface area contributed by atoms with Gasteiger partial charge in [0.1, 0.15) is 0 Å². The van der Waals surface area contributed by atoms with Crippen molar-refractivity contribution in [2.45, 2.75) is 32.6 Å². The molecule has 0 unspecified atom stereocenters. The van der Waals surface area contributed by atoms with E-state index in [9.17, 15) is 0 Å². The fraction of sp³-hybridized carbons (Fsp3) is 0.500. The van der Waals surface area contributed by atoms with Crippen LogP contribution >= 0.6 is 0 Å². The van der Waals surface area contributed by atoms with E-state index in [2.05, 4.69) is 55.7 Å². The number of likely N-dealkylation sites (tertiary alicyclic amines) is 1. The number of allylic oxidation sites excluding steroid dienone is 1. The lowest BCUT2D eigenvalue weighted by Gasteiger charge is -2.36. The SMILES string of the molecule is C=C(C(C)C)N1CCC(c2ccccc2)CC1. The van der Waals surface area contributed by atoms with Crippen LogP contribution < -0.4 is 0 Å². The quantitative estimate of drug-likeness (QED) is 0.756. The highest BCUT2D eigenvalue weighted by atomic mass is 15.1. The summed E-state index contributed by atoms with van der Waals surface area (Å²) in [4.78, 5) is 2.46. The predicted molar refractivity (Wildman–Crippen MR) is 74.0 cm³/mol. The van der Waals surface area contributed by atoms with Crippen molar-refractivity contribution in [3.63, 3.8) is 0 Å². The average molecular weight is 229 g/mol. The van der Waals surface area contributed by atoms with Crippen LogP contribution in [0.3, 0.4) is 0 Å². The Morgan fingerprint density at radius 3 is 2.29 bits per heavy atom. The van der Waals surface area contributed by atoms with Crippen LogP contribution in [0.5, 0.6) is 0 Å². The third kappa shape index (κ3) is 2.91. The first kappa shape index (κ1) is 12.2. The minimum absolute atomic E-state index is 0.572. The number of piperidine rings is 1. The molecular formula is C16H23N. The fourth-order valence-electron chi connectivity index (χ4n) is 2.59. The van der Waals surface area contributed by atoms with Crippen LogP contribution in [0.4, 0.5) is 0 Å². The standard InChI is InChI=1S/C16H23N/c1-13(2)14(3)17-11-9-16(10-12-17)15-7-5-4-6-8-15/h4-8,13,16H,3,9-12H2,1-2H3. The highest BCUT2D eigenvalue weighted by Gasteiger charge is 2.21. The molecule has 0 N–H and O–H groups in total. The zero-order valence-corrected chi connectivity index (χ0v) is 11.0. The minimum Gasteiger partial charge on any atom is -0.375 e. The molecule has 1 aromatic carbocycles. The summed E-state index contributed by atoms with van der Waals surface area (Å²) in [7, 11) is 0. The van der Waals surface area contributed by atoms with E-state index in [0.717, 1.165) is 19.0 Å². The number of hydrogen-bond acceptors (Lipinski definition) is 1. The summed E-state index contributed by atoms with van der Waals surface area (Å²) >= 11 is 0. The Morgan fingerprint density at radius 2 is 1.76 bits per heavy atom. The van der Waals surface area contributed by atoms with Crippen LogP contribution in [-0.4, -0.2) is 18.0 Å². The summed E-state index contributed by atoms with van der Waals surface area (Å²) in [6, 6.07) is 10.9. The molecule has 1 heteroatoms. The topological polar surface area (TPSA) is 3.24 Å². The number of hydrogen-bond donors (Lipinski definition) is 0. The van der Waals surface area contributed by atoms with Crippen LogP contribution in [0.15, 0.2) is 42.6 Å². The van der Waals surface area contributed by atoms with Gasteiger partial charge in [0.25, 0.3) is 0 Å². The number of nitrogens with zero attached hydrogens (tertiary/aromatic N) is 1. The second-order valence-corrected chi connectivity index (χ2v) is 5.32. The van der Waals surface area contributed by atoms with Gasteiger partial charge in [-0.1, -0.05) is 50.8 Å². The molecule has 1 saturated heterocycles. The molecule has 1 aliphatic rings. The zero-order valence-electron chi connectivity index (χ0n) is 11.0. The first-order valence-corrected chi connectivity index (χ1v) is 6.67. The van der Waals surface area contributed by atoms with Crippen molar-refractivity contribution in [2.75, 3.05) is 13.1 Å². The smallest absolute Gasteiger partial charge is 0.0180 e. The maximum absolute atomic E-state index is 4.20. The van der Waals surface area contributed by atoms with Crippen molar-refractivity contribution in [1.29, 1.82) is 0 Å². The zero-order chi connectivity index (χ0) is 12.3. The van der Waals surface area contributed by atoms with Gasteiger partial charge >= 0.3 is 0 Å². The van der Waals surface area contributed by atoms with Crippen molar-refractivity contribution in [3.05, 3.63) is 48.2 Å². The normalized spacial score (nSPS) is 17.5. The lowest BCUT2D eigenvalue weighted by Crippen LogP contribution is -2.33. The first-order chi connectivity index (χ1) is 8.18. The molecule has 1 aromatic rings. The van der Waals surface area contributed by atoms with E-state index in [1.54, 1.807) is 0 Å². The van der Waals surface area contributed by atoms with Crippen LogP contribution in [-0.2, 0) is 0 Å². The van der Waals surface area contributed by atoms with E-state index in [0.29, 0.717) is 5.92 Å². The van der Waals surface area contributed by atoms with Gasteiger partial charge in [-0.2, -0.15) is 0 Å². The highest BCUT2D eigenvalue weighted by molar-refractivity contribution is 5.20. The molecule has 1 fully saturated rings. The second kappa shape index (κ2) is 5.39. The molecule has 92 valence electrons. The van der Waals surface area contributed by atoms with Gasteiger partial charge in [0, 0.05) is 18.8 Å². The molecule has 1 nitrogen and oxygen atoms in total. The lowest BCUT2D eigenvalue weighted by molar-refractivity contribution is 0.245. The molecular weight excluding hydrogens is 206 g/mol. The van der Waals surface area contributed by atoms with Crippen molar-refractivity contribution in [1.82, 2.24) is 4.90 Å². The molecule has 0 saturated carbocycles. The lowest BCUT2D eigenvalue weighted by atomic mass is 9.89. The Bertz CT molecular complexity index is 358. The fourth-order valence-corrected chi connectivity index (χ4v) is 2.59. The summed E-state index contributed by atoms with van der Waals surface area (Å²) in [5.74, 6) is 1.32. The third-order valence-electron chi connectivity index (χ3n) is 3.84. The Morgan fingerprint density at radius 1 is 1.18 bits per heavy atom. The summed E-state index contributed by atoms with van der Waals surface area (Å²) in [5, 5.41) is 0. The van der Waals surface area contributed by atoms with Crippen molar-refractivity contribution in [3.8, 4) is 0 Å². The van der Waals surface area contributed by atoms with Crippen molar-refractivity contribution < 1.29 is 0 Å². The molecule has 1 heterocycles. The van der Waals surface area contributed by atoms with E-state index >= 15 is 0 Å². The van der Waals surface area contributed by atoms with Crippen LogP contribution in [0.2, 0.25) is 0 Å². The Kier molecular flexibility index (Phi) is 3.88. The first-order valence-electron chi connectivity index (χ1n) is 6.67. The van der Waals surface area contributed by atoms with Gasteiger partial charge in [0.05, 0.1) is 0 Å². The maximum Gasteiger partial charge on any atom is 0.0180 e. The van der Waals surface area contributed by atoms with Crippen molar-refractivity contribution in [2.24, 2.45) is 5.92 Å². The summed E-state index contributed by atoms with van der Waals surface area (Å²) in [5.41, 5.74) is 2.80. The predicted octanol–water partition coefficient (Wildman–Crippen LogP) is 4.04. The molecule has 0 spiro atoms. The van der Waals surface area contributed by atoms with Gasteiger partial charge in [0.2, 0.25) is 0 Å². The Labute approximate surface area is 105 Å². The second-order valence-electron chi connectivity index (χ2n) is 5.32. The maximum atomic E-state index is 4.20. The van der Waals surface area contributed by atoms with Gasteiger partial charge in [0.15, 0.2) is 0 Å². The molecule has 17 heavy (non-hydrogen) atoms. The Hall–Kier alpha value is -1.24. The molecule has 0 aliphatic carbocycles. The Balaban J connectivity index is 1.93. The minimum atomic E-state index is 0.572. The monoisotopic (exact) mass is 229 g/mol. The largest absolute Gasteiger partial charge is 0.375 e. The summed E-state index contributed by atoms with van der Waals surface area (Å²) in [6.07, 6.45) is 2.52. The molecule has 0 amide bonds. The van der Waals surface area contributed by atoms with Crippen LogP contribution in [0.25, 0.3) is 0 Å². The molecule has 0 aromatic heterocycles. The van der Waals surface area contributed by atoms with Gasteiger partial charge < -0.3 is 4.90 Å². The highest BCUT2D eigenvalue weighted by Crippen LogP contribution is 2.30. The summed E-state index contributed by atoms with van der Waals surface area (Å²) in [6.45, 7) is 11.0. The molecule has 0 radical (unpaired) electrons.